The number of hydrogen-bond donors (Lipinski definition) is 0. The Kier molecular flexibility index (Phi) is 46.8. The third kappa shape index (κ3) is 46.8. The van der Waals surface area contributed by atoms with E-state index in [-0.39, 0.29) is 31.1 Å². The van der Waals surface area contributed by atoms with Gasteiger partial charge >= 0.3 is 17.9 Å². The van der Waals surface area contributed by atoms with E-state index in [0.717, 1.165) is 64.2 Å². The van der Waals surface area contributed by atoms with Crippen LogP contribution in [0, 0.1) is 0 Å². The van der Waals surface area contributed by atoms with E-state index in [2.05, 4.69) is 45.1 Å². The molecule has 0 rings (SSSR count). The molecule has 0 N–H and O–H groups in total. The van der Waals surface area contributed by atoms with Gasteiger partial charge in [-0.2, -0.15) is 0 Å². The second kappa shape index (κ2) is 48.6. The number of esters is 3. The molecule has 0 heterocycles. The van der Waals surface area contributed by atoms with E-state index in [1.54, 1.807) is 0 Å². The Labute approximate surface area is 366 Å². The molecule has 346 valence electrons. The van der Waals surface area contributed by atoms with E-state index in [1.807, 2.05) is 0 Å². The predicted octanol–water partition coefficient (Wildman–Crippen LogP) is 16.8. The maximum absolute atomic E-state index is 12.6. The Balaban J connectivity index is 3.93. The lowest BCUT2D eigenvalue weighted by Gasteiger charge is -2.18. The largest absolute Gasteiger partial charge is 0.462 e. The predicted molar refractivity (Wildman–Crippen MR) is 252 cm³/mol. The number of hydrogen-bond acceptors (Lipinski definition) is 6. The van der Waals surface area contributed by atoms with Gasteiger partial charge in [-0.05, 0) is 51.4 Å². The van der Waals surface area contributed by atoms with Crippen LogP contribution in [0.5, 0.6) is 0 Å². The van der Waals surface area contributed by atoms with Gasteiger partial charge < -0.3 is 14.2 Å². The second-order valence-electron chi connectivity index (χ2n) is 17.4. The van der Waals surface area contributed by atoms with Crippen molar-refractivity contribution in [1.29, 1.82) is 0 Å². The van der Waals surface area contributed by atoms with E-state index in [0.29, 0.717) is 19.3 Å². The van der Waals surface area contributed by atoms with Gasteiger partial charge in [0.25, 0.3) is 0 Å². The number of rotatable bonds is 47. The molecule has 0 aromatic heterocycles. The summed E-state index contributed by atoms with van der Waals surface area (Å²) in [5.41, 5.74) is 0. The summed E-state index contributed by atoms with van der Waals surface area (Å²) in [5.74, 6) is -0.872. The molecule has 0 aliphatic heterocycles. The van der Waals surface area contributed by atoms with Crippen molar-refractivity contribution in [2.45, 2.75) is 284 Å². The maximum Gasteiger partial charge on any atom is 0.306 e. The fraction of sp³-hybridized carbons (Fsp3) is 0.868. The Hall–Kier alpha value is -2.11. The maximum atomic E-state index is 12.6. The van der Waals surface area contributed by atoms with Crippen LogP contribution < -0.4 is 0 Å². The van der Waals surface area contributed by atoms with Gasteiger partial charge in [0.1, 0.15) is 13.2 Å². The summed E-state index contributed by atoms with van der Waals surface area (Å²) in [4.78, 5) is 37.5. The van der Waals surface area contributed by atoms with Crippen LogP contribution in [0.3, 0.4) is 0 Å². The molecule has 0 aliphatic carbocycles. The van der Waals surface area contributed by atoms with Crippen molar-refractivity contribution in [1.82, 2.24) is 0 Å². The lowest BCUT2D eigenvalue weighted by atomic mass is 10.0. The quantitative estimate of drug-likeness (QED) is 0.0263. The summed E-state index contributed by atoms with van der Waals surface area (Å²) in [6.45, 7) is 6.56. The molecule has 6 heteroatoms. The standard InChI is InChI=1S/C53H98O6/c1-4-7-10-13-16-17-18-19-20-21-22-23-24-25-26-27-28-29-30-31-32-33-34-35-38-40-43-46-52(55)58-49-50(59-53(56)47-44-41-37-15-12-9-6-3)48-57-51(54)45-42-39-36-14-11-8-5-2/h18-19,21-22,50H,4-17,20,23-49H2,1-3H3/b19-18-,22-21-. The molecular formula is C53H98O6. The summed E-state index contributed by atoms with van der Waals surface area (Å²) in [6.07, 6.45) is 55.0. The van der Waals surface area contributed by atoms with Crippen molar-refractivity contribution in [3.05, 3.63) is 24.3 Å². The third-order valence-electron chi connectivity index (χ3n) is 11.5. The minimum atomic E-state index is -0.760. The molecular weight excluding hydrogens is 733 g/mol. The van der Waals surface area contributed by atoms with Crippen molar-refractivity contribution in [2.24, 2.45) is 0 Å². The highest BCUT2D eigenvalue weighted by Gasteiger charge is 2.19. The topological polar surface area (TPSA) is 78.9 Å². The van der Waals surface area contributed by atoms with Crippen molar-refractivity contribution < 1.29 is 28.6 Å². The van der Waals surface area contributed by atoms with Crippen molar-refractivity contribution in [2.75, 3.05) is 13.2 Å². The molecule has 0 fully saturated rings. The summed E-state index contributed by atoms with van der Waals surface area (Å²) >= 11 is 0. The number of ether oxygens (including phenoxy) is 3. The van der Waals surface area contributed by atoms with Crippen LogP contribution in [0.25, 0.3) is 0 Å². The zero-order valence-corrected chi connectivity index (χ0v) is 39.5. The molecule has 1 unspecified atom stereocenters. The monoisotopic (exact) mass is 831 g/mol. The zero-order chi connectivity index (χ0) is 43.0. The highest BCUT2D eigenvalue weighted by atomic mass is 16.6. The van der Waals surface area contributed by atoms with E-state index in [9.17, 15) is 14.4 Å². The van der Waals surface area contributed by atoms with Gasteiger partial charge in [-0.3, -0.25) is 14.4 Å². The third-order valence-corrected chi connectivity index (χ3v) is 11.5. The van der Waals surface area contributed by atoms with Crippen molar-refractivity contribution in [3.63, 3.8) is 0 Å². The number of allylic oxidation sites excluding steroid dienone is 4. The first-order valence-corrected chi connectivity index (χ1v) is 25.8. The van der Waals surface area contributed by atoms with Gasteiger partial charge in [-0.15, -0.1) is 0 Å². The molecule has 0 saturated carbocycles. The molecule has 0 spiro atoms. The number of carbonyl (C=O) groups excluding carboxylic acids is 3. The molecule has 0 bridgehead atoms. The summed E-state index contributed by atoms with van der Waals surface area (Å²) < 4.78 is 16.6. The highest BCUT2D eigenvalue weighted by molar-refractivity contribution is 5.71. The Morgan fingerprint density at radius 3 is 0.932 bits per heavy atom. The highest BCUT2D eigenvalue weighted by Crippen LogP contribution is 2.16. The molecule has 0 aromatic rings. The first-order chi connectivity index (χ1) is 29.0. The van der Waals surface area contributed by atoms with Gasteiger partial charge in [-0.1, -0.05) is 231 Å². The molecule has 1 atom stereocenters. The van der Waals surface area contributed by atoms with Crippen LogP contribution in [-0.4, -0.2) is 37.2 Å². The minimum absolute atomic E-state index is 0.0675. The minimum Gasteiger partial charge on any atom is -0.462 e. The van der Waals surface area contributed by atoms with Crippen LogP contribution >= 0.6 is 0 Å². The number of unbranched alkanes of at least 4 members (excludes halogenated alkanes) is 32. The second-order valence-corrected chi connectivity index (χ2v) is 17.4. The van der Waals surface area contributed by atoms with Gasteiger partial charge in [0.05, 0.1) is 0 Å². The molecule has 0 saturated heterocycles. The average molecular weight is 831 g/mol. The summed E-state index contributed by atoms with van der Waals surface area (Å²) in [7, 11) is 0. The normalized spacial score (nSPS) is 12.1. The molecule has 0 radical (unpaired) electrons. The number of carbonyl (C=O) groups is 3. The summed E-state index contributed by atoms with van der Waals surface area (Å²) in [6, 6.07) is 0. The van der Waals surface area contributed by atoms with Crippen LogP contribution in [0.2, 0.25) is 0 Å². The lowest BCUT2D eigenvalue weighted by molar-refractivity contribution is -0.167. The van der Waals surface area contributed by atoms with Gasteiger partial charge in [0.15, 0.2) is 6.10 Å². The fourth-order valence-electron chi connectivity index (χ4n) is 7.53. The van der Waals surface area contributed by atoms with E-state index in [4.69, 9.17) is 14.2 Å². The zero-order valence-electron chi connectivity index (χ0n) is 39.5. The average Bonchev–Trinajstić information content (AvgIpc) is 3.23. The molecule has 0 amide bonds. The van der Waals surface area contributed by atoms with Crippen LogP contribution in [0.1, 0.15) is 278 Å². The van der Waals surface area contributed by atoms with Crippen molar-refractivity contribution >= 4 is 17.9 Å². The van der Waals surface area contributed by atoms with E-state index < -0.39 is 6.10 Å². The van der Waals surface area contributed by atoms with Crippen LogP contribution in [-0.2, 0) is 28.6 Å². The van der Waals surface area contributed by atoms with Crippen LogP contribution in [0.15, 0.2) is 24.3 Å². The van der Waals surface area contributed by atoms with Gasteiger partial charge in [0, 0.05) is 19.3 Å². The molecule has 0 aromatic carbocycles. The summed E-state index contributed by atoms with van der Waals surface area (Å²) in [5, 5.41) is 0. The first-order valence-electron chi connectivity index (χ1n) is 25.8. The Bertz CT molecular complexity index is 958. The molecule has 0 aliphatic rings. The molecule has 59 heavy (non-hydrogen) atoms. The van der Waals surface area contributed by atoms with Gasteiger partial charge in [-0.25, -0.2) is 0 Å². The lowest BCUT2D eigenvalue weighted by Crippen LogP contribution is -2.30. The van der Waals surface area contributed by atoms with Crippen molar-refractivity contribution in [3.8, 4) is 0 Å². The smallest absolute Gasteiger partial charge is 0.306 e. The van der Waals surface area contributed by atoms with Crippen LogP contribution in [0.4, 0.5) is 0 Å². The SMILES string of the molecule is CCCCCCC/C=C\C/C=C\CCCCCCCCCCCCCCCCCC(=O)OCC(COC(=O)CCCCCCCCC)OC(=O)CCCCCCCCC. The van der Waals surface area contributed by atoms with Gasteiger partial charge in [0.2, 0.25) is 0 Å². The fourth-order valence-corrected chi connectivity index (χ4v) is 7.53. The first kappa shape index (κ1) is 56.9. The molecule has 6 nitrogen and oxygen atoms in total. The van der Waals surface area contributed by atoms with E-state index in [1.165, 1.54) is 173 Å². The Morgan fingerprint density at radius 2 is 0.610 bits per heavy atom. The van der Waals surface area contributed by atoms with E-state index >= 15 is 0 Å². The Morgan fingerprint density at radius 1 is 0.339 bits per heavy atom.